The molecule has 0 unspecified atom stereocenters. The van der Waals surface area contributed by atoms with Gasteiger partial charge in [0.1, 0.15) is 0 Å². The highest BCUT2D eigenvalue weighted by Crippen LogP contribution is 2.14. The van der Waals surface area contributed by atoms with E-state index in [1.807, 2.05) is 13.8 Å². The average molecular weight is 316 g/mol. The molecular weight excluding hydrogens is 296 g/mol. The number of hydrogen-bond donors (Lipinski definition) is 0. The molecule has 0 aliphatic heterocycles. The van der Waals surface area contributed by atoms with Gasteiger partial charge in [-0.15, -0.1) is 0 Å². The Labute approximate surface area is 114 Å². The van der Waals surface area contributed by atoms with Gasteiger partial charge in [-0.3, -0.25) is 0 Å². The van der Waals surface area contributed by atoms with Gasteiger partial charge < -0.3 is 8.85 Å². The third kappa shape index (κ3) is 6.36. The molecule has 1 rings (SSSR count). The summed E-state index contributed by atoms with van der Waals surface area (Å²) in [6, 6.07) is 9.53. The zero-order chi connectivity index (χ0) is 12.5. The zero-order valence-electron chi connectivity index (χ0n) is 10.5. The van der Waals surface area contributed by atoms with Crippen molar-refractivity contribution in [2.45, 2.75) is 32.7 Å². The first-order chi connectivity index (χ1) is 8.26. The van der Waals surface area contributed by atoms with Gasteiger partial charge in [-0.05, 0) is 50.4 Å². The average Bonchev–Trinajstić information content (AvgIpc) is 2.30. The van der Waals surface area contributed by atoms with Crippen LogP contribution in [0.3, 0.4) is 0 Å². The highest BCUT2D eigenvalue weighted by molar-refractivity contribution is 9.10. The molecule has 0 saturated carbocycles. The van der Waals surface area contributed by atoms with E-state index in [2.05, 4.69) is 40.2 Å². The van der Waals surface area contributed by atoms with Gasteiger partial charge in [0, 0.05) is 17.7 Å². The minimum absolute atomic E-state index is 0.755. The van der Waals surface area contributed by atoms with Crippen molar-refractivity contribution in [3.05, 3.63) is 34.3 Å². The van der Waals surface area contributed by atoms with Gasteiger partial charge in [-0.25, -0.2) is 0 Å². The number of aryl methyl sites for hydroxylation is 1. The molecule has 4 heteroatoms. The summed E-state index contributed by atoms with van der Waals surface area (Å²) in [5.74, 6) is 0. The predicted octanol–water partition coefficient (Wildman–Crippen LogP) is 3.94. The van der Waals surface area contributed by atoms with Crippen molar-refractivity contribution < 1.29 is 8.85 Å². The molecule has 0 heterocycles. The summed E-state index contributed by atoms with van der Waals surface area (Å²) < 4.78 is 12.4. The molecule has 0 saturated heterocycles. The first-order valence-electron chi connectivity index (χ1n) is 6.12. The highest BCUT2D eigenvalue weighted by Gasteiger charge is 2.13. The summed E-state index contributed by atoms with van der Waals surface area (Å²) in [7, 11) is -1.04. The Morgan fingerprint density at radius 1 is 1.18 bits per heavy atom. The van der Waals surface area contributed by atoms with Crippen molar-refractivity contribution in [3.8, 4) is 0 Å². The number of benzene rings is 1. The van der Waals surface area contributed by atoms with E-state index in [9.17, 15) is 0 Å². The third-order valence-electron chi connectivity index (χ3n) is 2.35. The Balaban J connectivity index is 2.30. The van der Waals surface area contributed by atoms with Crippen LogP contribution in [0.25, 0.3) is 0 Å². The van der Waals surface area contributed by atoms with Crippen LogP contribution in [0.15, 0.2) is 28.7 Å². The van der Waals surface area contributed by atoms with Gasteiger partial charge in [-0.1, -0.05) is 28.1 Å². The van der Waals surface area contributed by atoms with E-state index < -0.39 is 9.28 Å². The van der Waals surface area contributed by atoms with E-state index in [-0.39, 0.29) is 0 Å². The van der Waals surface area contributed by atoms with Crippen LogP contribution in [0.1, 0.15) is 25.8 Å². The smallest absolute Gasteiger partial charge is 0.384 e. The molecule has 0 aliphatic rings. The minimum atomic E-state index is -1.04. The molecule has 17 heavy (non-hydrogen) atoms. The molecule has 0 amide bonds. The van der Waals surface area contributed by atoms with Crippen LogP contribution >= 0.6 is 15.9 Å². The quantitative estimate of drug-likeness (QED) is 0.676. The van der Waals surface area contributed by atoms with Crippen molar-refractivity contribution in [2.75, 3.05) is 13.2 Å². The van der Waals surface area contributed by atoms with Gasteiger partial charge in [0.05, 0.1) is 0 Å². The van der Waals surface area contributed by atoms with Gasteiger partial charge in [0.25, 0.3) is 0 Å². The summed E-state index contributed by atoms with van der Waals surface area (Å²) in [6.45, 7) is 5.56. The minimum Gasteiger partial charge on any atom is -0.394 e. The maximum Gasteiger partial charge on any atom is 0.384 e. The fourth-order valence-electron chi connectivity index (χ4n) is 1.64. The Morgan fingerprint density at radius 2 is 1.88 bits per heavy atom. The van der Waals surface area contributed by atoms with Crippen LogP contribution in [0.5, 0.6) is 0 Å². The Hall–Kier alpha value is -0.163. The van der Waals surface area contributed by atoms with Crippen molar-refractivity contribution in [1.82, 2.24) is 0 Å². The second-order valence-corrected chi connectivity index (χ2v) is 6.46. The maximum atomic E-state index is 5.61. The lowest BCUT2D eigenvalue weighted by Crippen LogP contribution is -2.22. The first kappa shape index (κ1) is 14.9. The van der Waals surface area contributed by atoms with Crippen LogP contribution in [-0.4, -0.2) is 22.5 Å². The zero-order valence-corrected chi connectivity index (χ0v) is 13.1. The molecule has 1 aromatic rings. The number of halogens is 1. The molecular formula is C13H20BrO2Si. The topological polar surface area (TPSA) is 18.5 Å². The molecule has 0 spiro atoms. The molecule has 2 nitrogen and oxygen atoms in total. The third-order valence-corrected chi connectivity index (χ3v) is 4.82. The second-order valence-electron chi connectivity index (χ2n) is 3.72. The SMILES string of the molecule is CCO[Si](CCCc1cccc(Br)c1)OCC. The van der Waals surface area contributed by atoms with E-state index >= 15 is 0 Å². The Bertz CT molecular complexity index is 314. The summed E-state index contributed by atoms with van der Waals surface area (Å²) in [4.78, 5) is 0. The van der Waals surface area contributed by atoms with E-state index in [1.165, 1.54) is 5.56 Å². The molecule has 0 N–H and O–H groups in total. The normalized spacial score (nSPS) is 11.1. The number of rotatable bonds is 8. The lowest BCUT2D eigenvalue weighted by molar-refractivity contribution is 0.213. The lowest BCUT2D eigenvalue weighted by Gasteiger charge is -2.12. The summed E-state index contributed by atoms with van der Waals surface area (Å²) in [6.07, 6.45) is 2.22. The number of hydrogen-bond acceptors (Lipinski definition) is 2. The fourth-order valence-corrected chi connectivity index (χ4v) is 3.57. The van der Waals surface area contributed by atoms with Gasteiger partial charge in [-0.2, -0.15) is 0 Å². The van der Waals surface area contributed by atoms with E-state index in [0.717, 1.165) is 36.6 Å². The summed E-state index contributed by atoms with van der Waals surface area (Å²) in [5, 5.41) is 0. The first-order valence-corrected chi connectivity index (χ1v) is 8.43. The van der Waals surface area contributed by atoms with Crippen molar-refractivity contribution in [1.29, 1.82) is 0 Å². The molecule has 0 bridgehead atoms. The van der Waals surface area contributed by atoms with Crippen molar-refractivity contribution >= 4 is 25.2 Å². The van der Waals surface area contributed by atoms with Crippen LogP contribution in [0.2, 0.25) is 6.04 Å². The van der Waals surface area contributed by atoms with E-state index in [1.54, 1.807) is 0 Å². The standard InChI is InChI=1S/C13H20BrO2Si/c1-3-15-17(16-4-2)10-6-8-12-7-5-9-13(14)11-12/h5,7,9,11H,3-4,6,8,10H2,1-2H3. The van der Waals surface area contributed by atoms with Crippen LogP contribution in [-0.2, 0) is 15.3 Å². The molecule has 95 valence electrons. The lowest BCUT2D eigenvalue weighted by atomic mass is 10.1. The van der Waals surface area contributed by atoms with Crippen LogP contribution in [0, 0.1) is 0 Å². The predicted molar refractivity (Wildman–Crippen MR) is 76.3 cm³/mol. The Kier molecular flexibility index (Phi) is 7.76. The molecule has 0 atom stereocenters. The Morgan fingerprint density at radius 3 is 2.47 bits per heavy atom. The van der Waals surface area contributed by atoms with E-state index in [0.29, 0.717) is 0 Å². The van der Waals surface area contributed by atoms with Gasteiger partial charge >= 0.3 is 9.28 Å². The van der Waals surface area contributed by atoms with Gasteiger partial charge in [0.2, 0.25) is 0 Å². The molecule has 0 aromatic heterocycles. The van der Waals surface area contributed by atoms with Crippen LogP contribution in [0.4, 0.5) is 0 Å². The monoisotopic (exact) mass is 315 g/mol. The van der Waals surface area contributed by atoms with E-state index in [4.69, 9.17) is 8.85 Å². The summed E-state index contributed by atoms with van der Waals surface area (Å²) >= 11 is 3.49. The molecule has 0 aliphatic carbocycles. The van der Waals surface area contributed by atoms with Crippen molar-refractivity contribution in [2.24, 2.45) is 0 Å². The summed E-state index contributed by atoms with van der Waals surface area (Å²) in [5.41, 5.74) is 1.37. The highest BCUT2D eigenvalue weighted by atomic mass is 79.9. The largest absolute Gasteiger partial charge is 0.394 e. The van der Waals surface area contributed by atoms with Gasteiger partial charge in [0.15, 0.2) is 0 Å². The van der Waals surface area contributed by atoms with Crippen LogP contribution < -0.4 is 0 Å². The maximum absolute atomic E-state index is 5.61. The fraction of sp³-hybridized carbons (Fsp3) is 0.538. The molecule has 1 radical (unpaired) electrons. The second kappa shape index (κ2) is 8.86. The van der Waals surface area contributed by atoms with Crippen molar-refractivity contribution in [3.63, 3.8) is 0 Å². The molecule has 0 fully saturated rings. The molecule has 1 aromatic carbocycles.